The van der Waals surface area contributed by atoms with Crippen molar-refractivity contribution < 1.29 is 18.0 Å². The third-order valence-electron chi connectivity index (χ3n) is 6.98. The van der Waals surface area contributed by atoms with Gasteiger partial charge in [0.05, 0.1) is 35.7 Å². The van der Waals surface area contributed by atoms with Crippen LogP contribution in [0.15, 0.2) is 24.7 Å². The number of amides is 2. The summed E-state index contributed by atoms with van der Waals surface area (Å²) in [5.74, 6) is 0.405. The third kappa shape index (κ3) is 4.58. The summed E-state index contributed by atoms with van der Waals surface area (Å²) < 4.78 is 44.3. The van der Waals surface area contributed by atoms with Crippen molar-refractivity contribution in [2.45, 2.75) is 63.3 Å². The number of likely N-dealkylation sites (tertiary alicyclic amines) is 1. The van der Waals surface area contributed by atoms with Crippen molar-refractivity contribution in [1.29, 1.82) is 0 Å². The van der Waals surface area contributed by atoms with Gasteiger partial charge in [-0.2, -0.15) is 23.4 Å². The second-order valence-corrected chi connectivity index (χ2v) is 12.2. The zero-order chi connectivity index (χ0) is 25.9. The summed E-state index contributed by atoms with van der Waals surface area (Å²) in [7, 11) is 0. The molecule has 14 heteroatoms. The predicted octanol–water partition coefficient (Wildman–Crippen LogP) is 5.16. The monoisotopic (exact) mass is 634 g/mol. The highest BCUT2D eigenvalue weighted by Gasteiger charge is 2.64. The molecule has 1 aliphatic heterocycles. The van der Waals surface area contributed by atoms with Crippen LogP contribution in [-0.2, 0) is 6.54 Å². The molecule has 1 saturated heterocycles. The molecule has 0 bridgehead atoms. The Balaban J connectivity index is 1.42. The molecule has 3 N–H and O–H groups in total. The van der Waals surface area contributed by atoms with E-state index in [1.807, 2.05) is 10.7 Å². The summed E-state index contributed by atoms with van der Waals surface area (Å²) in [6, 6.07) is 1.46. The minimum atomic E-state index is -4.51. The number of pyridine rings is 1. The molecule has 3 aromatic rings. The Hall–Kier alpha value is -1.99. The molecule has 0 aromatic carbocycles. The van der Waals surface area contributed by atoms with Crippen molar-refractivity contribution >= 4 is 51.0 Å². The molecule has 9 nitrogen and oxygen atoms in total. The second kappa shape index (κ2) is 9.09. The summed E-state index contributed by atoms with van der Waals surface area (Å²) in [6.45, 7) is 4.92. The number of anilines is 1. The van der Waals surface area contributed by atoms with E-state index in [0.717, 1.165) is 17.4 Å². The SMILES string of the molecule is CC(C)Cn1ncc2cnc(-c3nn(PI)cc3NC(=O)N3CCC(N)(C(F)(F)F)CC34CC4)cc21. The Bertz CT molecular complexity index is 1300. The molecule has 2 atom stereocenters. The summed E-state index contributed by atoms with van der Waals surface area (Å²) in [5.41, 5.74) is 5.08. The van der Waals surface area contributed by atoms with Crippen LogP contribution in [0.4, 0.5) is 23.7 Å². The summed E-state index contributed by atoms with van der Waals surface area (Å²) in [4.78, 5) is 19.4. The number of nitrogens with one attached hydrogen (secondary N) is 1. The minimum absolute atomic E-state index is 0.0576. The first-order chi connectivity index (χ1) is 16.9. The molecular formula is C22H27F3IN8OP. The highest BCUT2D eigenvalue weighted by atomic mass is 127. The average Bonchev–Trinajstić information content (AvgIpc) is 3.25. The molecule has 2 amide bonds. The van der Waals surface area contributed by atoms with Crippen LogP contribution in [0.3, 0.4) is 0 Å². The van der Waals surface area contributed by atoms with Gasteiger partial charge in [-0.05, 0) is 59.7 Å². The number of carbonyl (C=O) groups excluding carboxylic acids is 1. The topological polar surface area (TPSA) is 107 Å². The lowest BCUT2D eigenvalue weighted by atomic mass is 9.82. The molecule has 194 valence electrons. The van der Waals surface area contributed by atoms with Crippen LogP contribution < -0.4 is 11.1 Å². The van der Waals surface area contributed by atoms with Gasteiger partial charge < -0.3 is 16.0 Å². The van der Waals surface area contributed by atoms with Crippen molar-refractivity contribution in [2.24, 2.45) is 11.7 Å². The maximum absolute atomic E-state index is 13.6. The van der Waals surface area contributed by atoms with Crippen molar-refractivity contribution in [2.75, 3.05) is 11.9 Å². The van der Waals surface area contributed by atoms with Gasteiger partial charge in [0.15, 0.2) is 0 Å². The number of carbonyl (C=O) groups is 1. The van der Waals surface area contributed by atoms with E-state index in [1.54, 1.807) is 23.0 Å². The lowest BCUT2D eigenvalue weighted by Crippen LogP contribution is -2.64. The summed E-state index contributed by atoms with van der Waals surface area (Å²) in [6.07, 6.45) is 1.41. The molecule has 4 heterocycles. The molecule has 3 aromatic heterocycles. The number of aromatic nitrogens is 5. The first-order valence-corrected chi connectivity index (χ1v) is 15.7. The molecular weight excluding hydrogens is 607 g/mol. The Morgan fingerprint density at radius 3 is 2.69 bits per heavy atom. The molecule has 1 aliphatic carbocycles. The molecule has 1 spiro atoms. The quantitative estimate of drug-likeness (QED) is 0.298. The standard InChI is InChI=1S/C22H27F3IN8OP/c1-13(2)10-33-17-7-15(28-8-14(17)9-29-33)18-16(11-34(31-18)36-26)30-19(35)32-6-5-21(27,22(23,24)25)12-20(32)3-4-20/h7-9,11,13,36H,3-6,10,12,27H2,1-2H3,(H,30,35). The molecule has 2 aliphatic rings. The van der Waals surface area contributed by atoms with Gasteiger partial charge >= 0.3 is 12.2 Å². The van der Waals surface area contributed by atoms with Crippen LogP contribution in [0.1, 0.15) is 39.5 Å². The van der Waals surface area contributed by atoms with Gasteiger partial charge in [0.1, 0.15) is 11.2 Å². The number of urea groups is 1. The first kappa shape index (κ1) is 25.7. The molecule has 0 radical (unpaired) electrons. The van der Waals surface area contributed by atoms with Crippen LogP contribution in [0.25, 0.3) is 22.3 Å². The number of fused-ring (bicyclic) bond motifs is 1. The van der Waals surface area contributed by atoms with E-state index >= 15 is 0 Å². The molecule has 36 heavy (non-hydrogen) atoms. The Labute approximate surface area is 220 Å². The van der Waals surface area contributed by atoms with E-state index < -0.39 is 23.3 Å². The van der Waals surface area contributed by atoms with Crippen molar-refractivity contribution in [3.8, 4) is 11.4 Å². The number of piperidine rings is 1. The lowest BCUT2D eigenvalue weighted by Gasteiger charge is -2.46. The molecule has 2 fully saturated rings. The molecule has 5 rings (SSSR count). The Morgan fingerprint density at radius 1 is 1.31 bits per heavy atom. The van der Waals surface area contributed by atoms with Gasteiger partial charge in [0, 0.05) is 30.2 Å². The fourth-order valence-corrected chi connectivity index (χ4v) is 6.00. The number of rotatable bonds is 5. The largest absolute Gasteiger partial charge is 0.406 e. The van der Waals surface area contributed by atoms with E-state index in [2.05, 4.69) is 56.4 Å². The molecule has 1 saturated carbocycles. The second-order valence-electron chi connectivity index (χ2n) is 10.2. The van der Waals surface area contributed by atoms with E-state index in [9.17, 15) is 18.0 Å². The van der Waals surface area contributed by atoms with Crippen LogP contribution in [0.5, 0.6) is 0 Å². The normalized spacial score (nSPS) is 21.8. The number of halogens is 4. The van der Waals surface area contributed by atoms with E-state index in [0.29, 0.717) is 35.8 Å². The van der Waals surface area contributed by atoms with Crippen LogP contribution >= 0.6 is 28.4 Å². The fraction of sp³-hybridized carbons (Fsp3) is 0.545. The highest BCUT2D eigenvalue weighted by Crippen LogP contribution is 2.54. The van der Waals surface area contributed by atoms with Gasteiger partial charge in [-0.15, -0.1) is 0 Å². The number of nitrogens with zero attached hydrogens (tertiary/aromatic N) is 6. The predicted molar refractivity (Wildman–Crippen MR) is 141 cm³/mol. The summed E-state index contributed by atoms with van der Waals surface area (Å²) >= 11 is 2.19. The number of hydrogen-bond donors (Lipinski definition) is 2. The van der Waals surface area contributed by atoms with Crippen LogP contribution in [0.2, 0.25) is 0 Å². The number of hydrogen-bond acceptors (Lipinski definition) is 5. The fourth-order valence-electron chi connectivity index (χ4n) is 4.94. The summed E-state index contributed by atoms with van der Waals surface area (Å²) in [5, 5.41) is 12.9. The number of alkyl halides is 3. The Morgan fingerprint density at radius 2 is 2.06 bits per heavy atom. The highest BCUT2D eigenvalue weighted by molar-refractivity contribution is 14.2. The van der Waals surface area contributed by atoms with Crippen LogP contribution in [0, 0.1) is 5.92 Å². The Kier molecular flexibility index (Phi) is 6.47. The van der Waals surface area contributed by atoms with Gasteiger partial charge in [-0.25, -0.2) is 9.25 Å². The van der Waals surface area contributed by atoms with E-state index in [-0.39, 0.29) is 25.8 Å². The zero-order valence-corrected chi connectivity index (χ0v) is 23.0. The maximum atomic E-state index is 13.6. The van der Waals surface area contributed by atoms with Gasteiger partial charge in [-0.3, -0.25) is 9.67 Å². The third-order valence-corrected chi connectivity index (χ3v) is 8.87. The minimum Gasteiger partial charge on any atom is -0.319 e. The lowest BCUT2D eigenvalue weighted by molar-refractivity contribution is -0.201. The number of nitrogens with two attached hydrogens (primary N) is 1. The van der Waals surface area contributed by atoms with Crippen molar-refractivity contribution in [3.63, 3.8) is 0 Å². The first-order valence-electron chi connectivity index (χ1n) is 11.7. The molecule has 2 unspecified atom stereocenters. The van der Waals surface area contributed by atoms with E-state index in [4.69, 9.17) is 5.73 Å². The average molecular weight is 634 g/mol. The zero-order valence-electron chi connectivity index (χ0n) is 19.8. The van der Waals surface area contributed by atoms with Gasteiger partial charge in [0.2, 0.25) is 0 Å². The van der Waals surface area contributed by atoms with E-state index in [1.165, 1.54) is 4.90 Å². The van der Waals surface area contributed by atoms with Gasteiger partial charge in [0.25, 0.3) is 0 Å². The smallest absolute Gasteiger partial charge is 0.319 e. The maximum Gasteiger partial charge on any atom is 0.406 e. The van der Waals surface area contributed by atoms with Crippen molar-refractivity contribution in [1.82, 2.24) is 29.2 Å². The van der Waals surface area contributed by atoms with Crippen molar-refractivity contribution in [3.05, 3.63) is 24.7 Å². The van der Waals surface area contributed by atoms with Gasteiger partial charge in [-0.1, -0.05) is 13.8 Å². The van der Waals surface area contributed by atoms with Crippen LogP contribution in [-0.4, -0.2) is 59.0 Å².